The molecule has 0 unspecified atom stereocenters. The van der Waals surface area contributed by atoms with Gasteiger partial charge in [0.15, 0.2) is 0 Å². The first-order chi connectivity index (χ1) is 14.1. The van der Waals surface area contributed by atoms with Gasteiger partial charge in [0.1, 0.15) is 16.9 Å². The molecule has 0 bridgehead atoms. The van der Waals surface area contributed by atoms with Crippen LogP contribution in [0.5, 0.6) is 0 Å². The van der Waals surface area contributed by atoms with Crippen LogP contribution in [0.25, 0.3) is 21.9 Å². The molecule has 1 amide bonds. The van der Waals surface area contributed by atoms with E-state index >= 15 is 0 Å². The zero-order valence-electron chi connectivity index (χ0n) is 16.6. The first kappa shape index (κ1) is 19.5. The Bertz CT molecular complexity index is 1140. The highest BCUT2D eigenvalue weighted by molar-refractivity contribution is 8.00. The smallest absolute Gasteiger partial charge is 0.230 e. The third kappa shape index (κ3) is 4.59. The first-order valence-corrected chi connectivity index (χ1v) is 10.8. The first-order valence-electron chi connectivity index (χ1n) is 9.79. The molecule has 1 atom stereocenters. The molecule has 2 heterocycles. The number of aryl methyl sites for hydroxylation is 2. The summed E-state index contributed by atoms with van der Waals surface area (Å²) in [5, 5.41) is 4.98. The molecule has 6 heteroatoms. The van der Waals surface area contributed by atoms with E-state index in [-0.39, 0.29) is 11.9 Å². The van der Waals surface area contributed by atoms with E-state index in [0.29, 0.717) is 5.75 Å². The number of benzene rings is 2. The van der Waals surface area contributed by atoms with E-state index in [1.54, 1.807) is 6.33 Å². The molecule has 0 spiro atoms. The van der Waals surface area contributed by atoms with Gasteiger partial charge in [0, 0.05) is 16.9 Å². The Morgan fingerprint density at radius 1 is 1.17 bits per heavy atom. The summed E-state index contributed by atoms with van der Waals surface area (Å²) in [4.78, 5) is 24.6. The molecule has 0 radical (unpaired) electrons. The van der Waals surface area contributed by atoms with Crippen LogP contribution >= 0.6 is 11.8 Å². The number of hydrogen-bond acceptors (Lipinski definition) is 4. The minimum atomic E-state index is 0.0225. The number of carbonyl (C=O) groups is 1. The van der Waals surface area contributed by atoms with E-state index in [2.05, 4.69) is 64.4 Å². The summed E-state index contributed by atoms with van der Waals surface area (Å²) < 4.78 is 0. The minimum Gasteiger partial charge on any atom is -0.353 e. The number of rotatable bonds is 7. The number of H-pyrrole nitrogens is 1. The van der Waals surface area contributed by atoms with Crippen molar-refractivity contribution in [1.82, 2.24) is 20.3 Å². The Kier molecular flexibility index (Phi) is 5.81. The summed E-state index contributed by atoms with van der Waals surface area (Å²) in [6, 6.07) is 16.7. The summed E-state index contributed by atoms with van der Waals surface area (Å²) in [5.41, 5.74) is 5.31. The van der Waals surface area contributed by atoms with Gasteiger partial charge in [-0.3, -0.25) is 4.79 Å². The lowest BCUT2D eigenvalue weighted by Gasteiger charge is -2.13. The highest BCUT2D eigenvalue weighted by Crippen LogP contribution is 2.30. The second kappa shape index (κ2) is 8.66. The molecule has 0 aliphatic rings. The van der Waals surface area contributed by atoms with Gasteiger partial charge in [0.2, 0.25) is 5.91 Å². The van der Waals surface area contributed by atoms with E-state index in [0.717, 1.165) is 39.8 Å². The van der Waals surface area contributed by atoms with Crippen molar-refractivity contribution in [2.75, 3.05) is 5.75 Å². The van der Waals surface area contributed by atoms with Crippen LogP contribution in [0, 0.1) is 6.92 Å². The molecule has 0 saturated carbocycles. The third-order valence-electron chi connectivity index (χ3n) is 4.96. The van der Waals surface area contributed by atoms with Gasteiger partial charge in [-0.25, -0.2) is 9.97 Å². The fourth-order valence-corrected chi connectivity index (χ4v) is 4.21. The highest BCUT2D eigenvalue weighted by Gasteiger charge is 2.14. The van der Waals surface area contributed by atoms with Crippen LogP contribution in [-0.2, 0) is 11.2 Å². The second-order valence-corrected chi connectivity index (χ2v) is 8.32. The number of nitrogens with zero attached hydrogens (tertiary/aromatic N) is 2. The molecule has 2 N–H and O–H groups in total. The Morgan fingerprint density at radius 2 is 2.00 bits per heavy atom. The van der Waals surface area contributed by atoms with Crippen LogP contribution < -0.4 is 5.32 Å². The molecule has 2 aromatic carbocycles. The largest absolute Gasteiger partial charge is 0.353 e. The van der Waals surface area contributed by atoms with Crippen molar-refractivity contribution in [2.24, 2.45) is 0 Å². The topological polar surface area (TPSA) is 70.7 Å². The van der Waals surface area contributed by atoms with Crippen molar-refractivity contribution >= 4 is 39.6 Å². The number of amides is 1. The molecule has 0 saturated heterocycles. The zero-order valence-corrected chi connectivity index (χ0v) is 17.4. The Labute approximate surface area is 174 Å². The van der Waals surface area contributed by atoms with Crippen LogP contribution in [0.3, 0.4) is 0 Å². The number of hydrogen-bond donors (Lipinski definition) is 2. The number of nitrogens with one attached hydrogen (secondary N) is 2. The fourth-order valence-electron chi connectivity index (χ4n) is 3.44. The molecule has 4 aromatic rings. The number of thioether (sulfide) groups is 1. The van der Waals surface area contributed by atoms with Crippen molar-refractivity contribution in [2.45, 2.75) is 37.8 Å². The summed E-state index contributed by atoms with van der Waals surface area (Å²) in [5.74, 6) is 0.352. The molecular weight excluding hydrogens is 380 g/mol. The van der Waals surface area contributed by atoms with E-state index in [9.17, 15) is 4.79 Å². The van der Waals surface area contributed by atoms with Crippen molar-refractivity contribution in [1.29, 1.82) is 0 Å². The summed E-state index contributed by atoms with van der Waals surface area (Å²) in [6.45, 7) is 4.12. The van der Waals surface area contributed by atoms with Gasteiger partial charge in [0.25, 0.3) is 0 Å². The molecule has 0 aliphatic carbocycles. The predicted octanol–water partition coefficient (Wildman–Crippen LogP) is 4.65. The molecule has 0 fully saturated rings. The van der Waals surface area contributed by atoms with Crippen molar-refractivity contribution in [3.8, 4) is 0 Å². The summed E-state index contributed by atoms with van der Waals surface area (Å²) in [7, 11) is 0. The summed E-state index contributed by atoms with van der Waals surface area (Å²) in [6.07, 6.45) is 3.44. The maximum absolute atomic E-state index is 12.4. The number of fused-ring (bicyclic) bond motifs is 3. The van der Waals surface area contributed by atoms with Gasteiger partial charge in [0.05, 0.1) is 11.3 Å². The van der Waals surface area contributed by atoms with E-state index in [1.165, 1.54) is 22.9 Å². The quantitative estimate of drug-likeness (QED) is 0.347. The predicted molar refractivity (Wildman–Crippen MR) is 119 cm³/mol. The zero-order chi connectivity index (χ0) is 20.2. The number of aromatic amines is 1. The average Bonchev–Trinajstić information content (AvgIpc) is 3.10. The maximum atomic E-state index is 12.4. The van der Waals surface area contributed by atoms with Crippen LogP contribution in [0.15, 0.2) is 59.9 Å². The van der Waals surface area contributed by atoms with E-state index in [1.807, 2.05) is 18.2 Å². The number of carbonyl (C=O) groups excluding carboxylic acids is 1. The fraction of sp³-hybridized carbons (Fsp3) is 0.261. The third-order valence-corrected chi connectivity index (χ3v) is 5.95. The van der Waals surface area contributed by atoms with E-state index < -0.39 is 0 Å². The van der Waals surface area contributed by atoms with Crippen LogP contribution in [0.4, 0.5) is 0 Å². The van der Waals surface area contributed by atoms with Gasteiger partial charge in [-0.05, 0) is 44.4 Å². The van der Waals surface area contributed by atoms with Gasteiger partial charge >= 0.3 is 0 Å². The molecule has 2 aromatic heterocycles. The van der Waals surface area contributed by atoms with Crippen molar-refractivity contribution < 1.29 is 4.79 Å². The van der Waals surface area contributed by atoms with Crippen LogP contribution in [0.2, 0.25) is 0 Å². The average molecular weight is 405 g/mol. The molecular formula is C23H24N4OS. The molecule has 148 valence electrons. The maximum Gasteiger partial charge on any atom is 0.230 e. The second-order valence-electron chi connectivity index (χ2n) is 7.36. The standard InChI is InChI=1S/C23H24N4OS/c1-15-8-11-19-18(12-15)21-22(27-19)23(25-14-24-21)29-13-20(28)26-16(2)9-10-17-6-4-3-5-7-17/h3-8,11-12,14,16,27H,9-10,13H2,1-2H3,(H,26,28)/t16-/m1/s1. The normalized spacial score (nSPS) is 12.3. The molecule has 29 heavy (non-hydrogen) atoms. The Balaban J connectivity index is 1.37. The molecule has 4 rings (SSSR count). The SMILES string of the molecule is Cc1ccc2[nH]c3c(SCC(=O)N[C@H](C)CCc4ccccc4)ncnc3c2c1. The highest BCUT2D eigenvalue weighted by atomic mass is 32.2. The van der Waals surface area contributed by atoms with Gasteiger partial charge < -0.3 is 10.3 Å². The van der Waals surface area contributed by atoms with E-state index in [4.69, 9.17) is 0 Å². The molecule has 0 aliphatic heterocycles. The van der Waals surface area contributed by atoms with Crippen LogP contribution in [0.1, 0.15) is 24.5 Å². The van der Waals surface area contributed by atoms with Crippen molar-refractivity contribution in [3.63, 3.8) is 0 Å². The molecule has 5 nitrogen and oxygen atoms in total. The van der Waals surface area contributed by atoms with Gasteiger partial charge in [-0.2, -0.15) is 0 Å². The number of aromatic nitrogens is 3. The van der Waals surface area contributed by atoms with Gasteiger partial charge in [-0.1, -0.05) is 53.7 Å². The van der Waals surface area contributed by atoms with Crippen LogP contribution in [-0.4, -0.2) is 32.7 Å². The lowest BCUT2D eigenvalue weighted by molar-refractivity contribution is -0.119. The Morgan fingerprint density at radius 3 is 2.83 bits per heavy atom. The van der Waals surface area contributed by atoms with Gasteiger partial charge in [-0.15, -0.1) is 0 Å². The minimum absolute atomic E-state index is 0.0225. The lowest BCUT2D eigenvalue weighted by atomic mass is 10.1. The van der Waals surface area contributed by atoms with Crippen molar-refractivity contribution in [3.05, 3.63) is 66.0 Å². The Hall–Kier alpha value is -2.86. The lowest BCUT2D eigenvalue weighted by Crippen LogP contribution is -2.34. The summed E-state index contributed by atoms with van der Waals surface area (Å²) >= 11 is 1.44. The monoisotopic (exact) mass is 404 g/mol.